The summed E-state index contributed by atoms with van der Waals surface area (Å²) in [7, 11) is -3.57. The third kappa shape index (κ3) is 5.03. The van der Waals surface area contributed by atoms with Gasteiger partial charge in [-0.1, -0.05) is 24.9 Å². The molecule has 1 fully saturated rings. The van der Waals surface area contributed by atoms with E-state index in [-0.39, 0.29) is 4.90 Å². The Bertz CT molecular complexity index is 677. The van der Waals surface area contributed by atoms with Gasteiger partial charge in [0.15, 0.2) is 5.11 Å². The molecule has 9 heteroatoms. The monoisotopic (exact) mass is 391 g/mol. The molecule has 0 bridgehead atoms. The highest BCUT2D eigenvalue weighted by Crippen LogP contribution is 2.27. The number of unbranched alkanes of at least 4 members (excludes halogenated alkanes) is 1. The van der Waals surface area contributed by atoms with Crippen LogP contribution in [0.3, 0.4) is 0 Å². The molecular weight excluding hydrogens is 370 g/mol. The van der Waals surface area contributed by atoms with Crippen molar-refractivity contribution in [3.8, 4) is 0 Å². The van der Waals surface area contributed by atoms with E-state index in [0.717, 1.165) is 19.4 Å². The van der Waals surface area contributed by atoms with E-state index in [1.807, 2.05) is 0 Å². The molecule has 0 saturated carbocycles. The van der Waals surface area contributed by atoms with Gasteiger partial charge in [0, 0.05) is 19.6 Å². The second-order valence-corrected chi connectivity index (χ2v) is 8.15. The van der Waals surface area contributed by atoms with Crippen LogP contribution in [-0.2, 0) is 14.8 Å². The summed E-state index contributed by atoms with van der Waals surface area (Å²) in [6, 6.07) is 4.58. The van der Waals surface area contributed by atoms with Gasteiger partial charge >= 0.3 is 0 Å². The summed E-state index contributed by atoms with van der Waals surface area (Å²) in [6.07, 6.45) is 2.06. The standard InChI is InChI=1S/C15H22ClN3O3S2/c1-2-3-6-17-15(23)18-14-11-12(4-5-13(14)16)24(20,21)19-7-9-22-10-8-19/h4-5,11H,2-3,6-10H2,1H3,(H2,17,18,23). The van der Waals surface area contributed by atoms with Gasteiger partial charge in [-0.2, -0.15) is 4.31 Å². The van der Waals surface area contributed by atoms with Crippen molar-refractivity contribution in [1.29, 1.82) is 0 Å². The maximum absolute atomic E-state index is 12.7. The molecule has 2 N–H and O–H groups in total. The lowest BCUT2D eigenvalue weighted by Crippen LogP contribution is -2.40. The van der Waals surface area contributed by atoms with Crippen molar-refractivity contribution >= 4 is 44.6 Å². The van der Waals surface area contributed by atoms with Gasteiger partial charge < -0.3 is 15.4 Å². The van der Waals surface area contributed by atoms with Gasteiger partial charge in [0.25, 0.3) is 0 Å². The number of nitrogens with zero attached hydrogens (tertiary/aromatic N) is 1. The summed E-state index contributed by atoms with van der Waals surface area (Å²) < 4.78 is 32.0. The van der Waals surface area contributed by atoms with Crippen molar-refractivity contribution in [2.75, 3.05) is 38.2 Å². The molecule has 1 heterocycles. The third-order valence-electron chi connectivity index (χ3n) is 3.61. The average Bonchev–Trinajstić information content (AvgIpc) is 2.58. The van der Waals surface area contributed by atoms with E-state index in [1.54, 1.807) is 6.07 Å². The number of halogens is 1. The zero-order valence-corrected chi connectivity index (χ0v) is 15.9. The molecule has 0 aromatic heterocycles. The Morgan fingerprint density at radius 2 is 2.08 bits per heavy atom. The first-order valence-corrected chi connectivity index (χ1v) is 10.1. The van der Waals surface area contributed by atoms with E-state index in [4.69, 9.17) is 28.6 Å². The van der Waals surface area contributed by atoms with Crippen LogP contribution in [-0.4, -0.2) is 50.7 Å². The van der Waals surface area contributed by atoms with E-state index in [1.165, 1.54) is 16.4 Å². The molecule has 1 aliphatic rings. The number of hydrogen-bond acceptors (Lipinski definition) is 4. The maximum atomic E-state index is 12.7. The lowest BCUT2D eigenvalue weighted by molar-refractivity contribution is 0.0730. The Balaban J connectivity index is 2.14. The van der Waals surface area contributed by atoms with Crippen molar-refractivity contribution in [2.24, 2.45) is 0 Å². The van der Waals surface area contributed by atoms with E-state index < -0.39 is 10.0 Å². The molecule has 134 valence electrons. The van der Waals surface area contributed by atoms with Crippen LogP contribution in [0.1, 0.15) is 19.8 Å². The molecule has 0 atom stereocenters. The molecule has 0 unspecified atom stereocenters. The predicted molar refractivity (Wildman–Crippen MR) is 100 cm³/mol. The zero-order chi connectivity index (χ0) is 17.6. The molecule has 2 rings (SSSR count). The second kappa shape index (κ2) is 8.96. The average molecular weight is 392 g/mol. The van der Waals surface area contributed by atoms with E-state index in [0.29, 0.717) is 42.1 Å². The number of rotatable bonds is 6. The number of thiocarbonyl (C=S) groups is 1. The summed E-state index contributed by atoms with van der Waals surface area (Å²) in [5.41, 5.74) is 0.472. The SMILES string of the molecule is CCCCNC(=S)Nc1cc(S(=O)(=O)N2CCOCC2)ccc1Cl. The number of benzene rings is 1. The number of hydrogen-bond donors (Lipinski definition) is 2. The van der Waals surface area contributed by atoms with Crippen LogP contribution >= 0.6 is 23.8 Å². The van der Waals surface area contributed by atoms with E-state index >= 15 is 0 Å². The topological polar surface area (TPSA) is 70.7 Å². The van der Waals surface area contributed by atoms with Gasteiger partial charge in [0.05, 0.1) is 28.8 Å². The minimum Gasteiger partial charge on any atom is -0.379 e. The quantitative estimate of drug-likeness (QED) is 0.573. The molecule has 6 nitrogen and oxygen atoms in total. The van der Waals surface area contributed by atoms with Gasteiger partial charge in [0.1, 0.15) is 0 Å². The zero-order valence-electron chi connectivity index (χ0n) is 13.5. The van der Waals surface area contributed by atoms with Crippen molar-refractivity contribution in [1.82, 2.24) is 9.62 Å². The van der Waals surface area contributed by atoms with Gasteiger partial charge in [0.2, 0.25) is 10.0 Å². The second-order valence-electron chi connectivity index (χ2n) is 5.39. The minimum absolute atomic E-state index is 0.188. The lowest BCUT2D eigenvalue weighted by atomic mass is 10.3. The first kappa shape index (κ1) is 19.4. The number of sulfonamides is 1. The molecule has 0 amide bonds. The predicted octanol–water partition coefficient (Wildman–Crippen LogP) is 2.45. The van der Waals surface area contributed by atoms with Gasteiger partial charge in [-0.15, -0.1) is 0 Å². The Morgan fingerprint density at radius 1 is 1.38 bits per heavy atom. The Labute approximate surface area is 153 Å². The Kier molecular flexibility index (Phi) is 7.24. The largest absolute Gasteiger partial charge is 0.379 e. The van der Waals surface area contributed by atoms with E-state index in [2.05, 4.69) is 17.6 Å². The molecule has 1 aliphatic heterocycles. The van der Waals surface area contributed by atoms with Gasteiger partial charge in [-0.05, 0) is 36.8 Å². The normalized spacial score (nSPS) is 15.9. The summed E-state index contributed by atoms with van der Waals surface area (Å²) in [5, 5.41) is 6.87. The molecule has 1 saturated heterocycles. The summed E-state index contributed by atoms with van der Waals surface area (Å²) >= 11 is 11.4. The van der Waals surface area contributed by atoms with Crippen molar-refractivity contribution in [2.45, 2.75) is 24.7 Å². The van der Waals surface area contributed by atoms with E-state index in [9.17, 15) is 8.42 Å². The molecule has 1 aromatic rings. The maximum Gasteiger partial charge on any atom is 0.243 e. The highest BCUT2D eigenvalue weighted by Gasteiger charge is 2.26. The van der Waals surface area contributed by atoms with Gasteiger partial charge in [-0.3, -0.25) is 0 Å². The smallest absolute Gasteiger partial charge is 0.243 e. The fourth-order valence-electron chi connectivity index (χ4n) is 2.24. The molecule has 0 spiro atoms. The van der Waals surface area contributed by atoms with Crippen LogP contribution in [0.25, 0.3) is 0 Å². The lowest BCUT2D eigenvalue weighted by Gasteiger charge is -2.26. The first-order chi connectivity index (χ1) is 11.4. The first-order valence-electron chi connectivity index (χ1n) is 7.87. The van der Waals surface area contributed by atoms with Crippen molar-refractivity contribution in [3.05, 3.63) is 23.2 Å². The number of morpholine rings is 1. The molecule has 0 aliphatic carbocycles. The highest BCUT2D eigenvalue weighted by atomic mass is 35.5. The van der Waals surface area contributed by atoms with Crippen LogP contribution in [0.15, 0.2) is 23.1 Å². The summed E-state index contributed by atoms with van der Waals surface area (Å²) in [4.78, 5) is 0.188. The van der Waals surface area contributed by atoms with Crippen LogP contribution in [0, 0.1) is 0 Å². The van der Waals surface area contributed by atoms with Crippen LogP contribution in [0.4, 0.5) is 5.69 Å². The minimum atomic E-state index is -3.57. The third-order valence-corrected chi connectivity index (χ3v) is 6.08. The molecular formula is C15H22ClN3O3S2. The van der Waals surface area contributed by atoms with Crippen molar-refractivity contribution < 1.29 is 13.2 Å². The summed E-state index contributed by atoms with van der Waals surface area (Å²) in [5.74, 6) is 0. The Hall–Kier alpha value is -0.930. The van der Waals surface area contributed by atoms with Crippen molar-refractivity contribution in [3.63, 3.8) is 0 Å². The number of ether oxygens (including phenoxy) is 1. The molecule has 0 radical (unpaired) electrons. The van der Waals surface area contributed by atoms with Crippen LogP contribution in [0.2, 0.25) is 5.02 Å². The van der Waals surface area contributed by atoms with Gasteiger partial charge in [-0.25, -0.2) is 8.42 Å². The fraction of sp³-hybridized carbons (Fsp3) is 0.533. The van der Waals surface area contributed by atoms with Crippen LogP contribution in [0.5, 0.6) is 0 Å². The molecule has 24 heavy (non-hydrogen) atoms. The summed E-state index contributed by atoms with van der Waals surface area (Å²) in [6.45, 7) is 4.36. The number of anilines is 1. The Morgan fingerprint density at radius 3 is 2.75 bits per heavy atom. The fourth-order valence-corrected chi connectivity index (χ4v) is 4.05. The molecule has 1 aromatic carbocycles. The highest BCUT2D eigenvalue weighted by molar-refractivity contribution is 7.89. The number of nitrogens with one attached hydrogen (secondary N) is 2. The van der Waals surface area contributed by atoms with Crippen LogP contribution < -0.4 is 10.6 Å².